The number of nitrogens with zero attached hydrogens (tertiary/aromatic N) is 2. The van der Waals surface area contributed by atoms with E-state index in [1.807, 2.05) is 6.92 Å². The Morgan fingerprint density at radius 2 is 2.23 bits per heavy atom. The molecule has 0 saturated heterocycles. The van der Waals surface area contributed by atoms with Crippen molar-refractivity contribution in [2.75, 3.05) is 13.7 Å². The molecule has 0 radical (unpaired) electrons. The van der Waals surface area contributed by atoms with E-state index in [0.29, 0.717) is 5.88 Å². The standard InChI is InChI=1S/C8H10N2O3/c1-6-3-4-7(10-9-6)13-5-8(11)12-2/h3-4H,5H2,1-2H3. The number of methoxy groups -OCH3 is 1. The van der Waals surface area contributed by atoms with Crippen molar-refractivity contribution < 1.29 is 14.3 Å². The number of carbonyl (C=O) groups excluding carboxylic acids is 1. The molecular formula is C8H10N2O3. The smallest absolute Gasteiger partial charge is 0.343 e. The predicted molar refractivity (Wildman–Crippen MR) is 44.3 cm³/mol. The van der Waals surface area contributed by atoms with Gasteiger partial charge in [-0.2, -0.15) is 5.10 Å². The van der Waals surface area contributed by atoms with Crippen LogP contribution in [-0.4, -0.2) is 29.9 Å². The van der Waals surface area contributed by atoms with Crippen LogP contribution in [0.4, 0.5) is 0 Å². The van der Waals surface area contributed by atoms with Crippen molar-refractivity contribution in [2.24, 2.45) is 0 Å². The van der Waals surface area contributed by atoms with Crippen molar-refractivity contribution in [3.05, 3.63) is 17.8 Å². The molecule has 5 heteroatoms. The van der Waals surface area contributed by atoms with Crippen molar-refractivity contribution >= 4 is 5.97 Å². The van der Waals surface area contributed by atoms with Crippen LogP contribution in [0.3, 0.4) is 0 Å². The third kappa shape index (κ3) is 3.06. The van der Waals surface area contributed by atoms with E-state index in [2.05, 4.69) is 14.9 Å². The van der Waals surface area contributed by atoms with Gasteiger partial charge in [0, 0.05) is 6.07 Å². The molecular weight excluding hydrogens is 172 g/mol. The molecule has 0 aliphatic heterocycles. The van der Waals surface area contributed by atoms with E-state index < -0.39 is 5.97 Å². The predicted octanol–water partition coefficient (Wildman–Crippen LogP) is 0.337. The summed E-state index contributed by atoms with van der Waals surface area (Å²) in [4.78, 5) is 10.7. The number of carbonyl (C=O) groups is 1. The van der Waals surface area contributed by atoms with E-state index >= 15 is 0 Å². The Kier molecular flexibility index (Phi) is 3.19. The Morgan fingerprint density at radius 3 is 2.77 bits per heavy atom. The maximum absolute atomic E-state index is 10.7. The molecule has 5 nitrogen and oxygen atoms in total. The summed E-state index contributed by atoms with van der Waals surface area (Å²) in [7, 11) is 1.30. The van der Waals surface area contributed by atoms with Gasteiger partial charge in [0.1, 0.15) is 0 Å². The molecule has 0 bridgehead atoms. The van der Waals surface area contributed by atoms with Crippen molar-refractivity contribution in [3.63, 3.8) is 0 Å². The first-order valence-corrected chi connectivity index (χ1v) is 3.72. The number of hydrogen-bond acceptors (Lipinski definition) is 5. The molecule has 0 aliphatic carbocycles. The lowest BCUT2D eigenvalue weighted by atomic mass is 10.4. The van der Waals surface area contributed by atoms with E-state index in [9.17, 15) is 4.79 Å². The molecule has 0 spiro atoms. The van der Waals surface area contributed by atoms with Crippen molar-refractivity contribution in [1.82, 2.24) is 10.2 Å². The molecule has 0 aromatic carbocycles. The van der Waals surface area contributed by atoms with E-state index in [1.165, 1.54) is 7.11 Å². The Morgan fingerprint density at radius 1 is 1.46 bits per heavy atom. The highest BCUT2D eigenvalue weighted by atomic mass is 16.6. The Hall–Kier alpha value is -1.65. The maximum Gasteiger partial charge on any atom is 0.343 e. The molecule has 0 N–H and O–H groups in total. The monoisotopic (exact) mass is 182 g/mol. The summed E-state index contributed by atoms with van der Waals surface area (Å²) in [6, 6.07) is 3.39. The van der Waals surface area contributed by atoms with Gasteiger partial charge in [-0.15, -0.1) is 5.10 Å². The summed E-state index contributed by atoms with van der Waals surface area (Å²) in [5, 5.41) is 7.46. The minimum absolute atomic E-state index is 0.145. The SMILES string of the molecule is COC(=O)COc1ccc(C)nn1. The van der Waals surface area contributed by atoms with E-state index in [0.717, 1.165) is 5.69 Å². The van der Waals surface area contributed by atoms with Crippen LogP contribution in [0, 0.1) is 6.92 Å². The highest BCUT2D eigenvalue weighted by Crippen LogP contribution is 2.03. The van der Waals surface area contributed by atoms with E-state index in [-0.39, 0.29) is 6.61 Å². The lowest BCUT2D eigenvalue weighted by Gasteiger charge is -2.01. The van der Waals surface area contributed by atoms with Gasteiger partial charge in [-0.25, -0.2) is 4.79 Å². The second-order valence-electron chi connectivity index (χ2n) is 2.38. The lowest BCUT2D eigenvalue weighted by molar-refractivity contribution is -0.143. The highest BCUT2D eigenvalue weighted by Gasteiger charge is 2.01. The topological polar surface area (TPSA) is 61.3 Å². The van der Waals surface area contributed by atoms with Gasteiger partial charge in [0.15, 0.2) is 6.61 Å². The zero-order valence-corrected chi connectivity index (χ0v) is 7.48. The van der Waals surface area contributed by atoms with Gasteiger partial charge in [-0.05, 0) is 13.0 Å². The molecule has 0 fully saturated rings. The van der Waals surface area contributed by atoms with Crippen molar-refractivity contribution in [1.29, 1.82) is 0 Å². The minimum Gasteiger partial charge on any atom is -0.466 e. The first-order chi connectivity index (χ1) is 6.22. The van der Waals surface area contributed by atoms with Gasteiger partial charge in [-0.3, -0.25) is 0 Å². The molecule has 0 amide bonds. The molecule has 1 aromatic heterocycles. The molecule has 1 heterocycles. The second kappa shape index (κ2) is 4.39. The Bertz CT molecular complexity index is 284. The fourth-order valence-electron chi connectivity index (χ4n) is 0.655. The summed E-state index contributed by atoms with van der Waals surface area (Å²) in [6.45, 7) is 1.67. The largest absolute Gasteiger partial charge is 0.466 e. The number of hydrogen-bond donors (Lipinski definition) is 0. The van der Waals surface area contributed by atoms with Gasteiger partial charge >= 0.3 is 5.97 Å². The van der Waals surface area contributed by atoms with Crippen LogP contribution in [0.1, 0.15) is 5.69 Å². The van der Waals surface area contributed by atoms with Crippen LogP contribution in [0.25, 0.3) is 0 Å². The number of esters is 1. The second-order valence-corrected chi connectivity index (χ2v) is 2.38. The van der Waals surface area contributed by atoms with Crippen LogP contribution in [0.15, 0.2) is 12.1 Å². The molecule has 0 unspecified atom stereocenters. The van der Waals surface area contributed by atoms with Gasteiger partial charge in [-0.1, -0.05) is 0 Å². The number of rotatable bonds is 3. The van der Waals surface area contributed by atoms with Crippen LogP contribution >= 0.6 is 0 Å². The summed E-state index contributed by atoms with van der Waals surface area (Å²) in [6.07, 6.45) is 0. The fraction of sp³-hybridized carbons (Fsp3) is 0.375. The number of aromatic nitrogens is 2. The molecule has 70 valence electrons. The summed E-state index contributed by atoms with van der Waals surface area (Å²) in [5.41, 5.74) is 0.797. The summed E-state index contributed by atoms with van der Waals surface area (Å²) in [5.74, 6) is -0.127. The zero-order chi connectivity index (χ0) is 9.68. The fourth-order valence-corrected chi connectivity index (χ4v) is 0.655. The van der Waals surface area contributed by atoms with E-state index in [1.54, 1.807) is 12.1 Å². The van der Waals surface area contributed by atoms with Crippen LogP contribution in [-0.2, 0) is 9.53 Å². The first-order valence-electron chi connectivity index (χ1n) is 3.72. The average Bonchev–Trinajstić information content (AvgIpc) is 2.16. The summed E-state index contributed by atoms with van der Waals surface area (Å²) >= 11 is 0. The normalized spacial score (nSPS) is 9.38. The van der Waals surface area contributed by atoms with Crippen molar-refractivity contribution in [3.8, 4) is 5.88 Å². The molecule has 1 rings (SSSR count). The van der Waals surface area contributed by atoms with Crippen molar-refractivity contribution in [2.45, 2.75) is 6.92 Å². The number of aryl methyl sites for hydroxylation is 1. The molecule has 0 atom stereocenters. The Balaban J connectivity index is 2.46. The highest BCUT2D eigenvalue weighted by molar-refractivity contribution is 5.70. The summed E-state index contributed by atoms with van der Waals surface area (Å²) < 4.78 is 9.35. The zero-order valence-electron chi connectivity index (χ0n) is 7.48. The van der Waals surface area contributed by atoms with E-state index in [4.69, 9.17) is 4.74 Å². The van der Waals surface area contributed by atoms with Crippen LogP contribution in [0.5, 0.6) is 5.88 Å². The van der Waals surface area contributed by atoms with Crippen LogP contribution < -0.4 is 4.74 Å². The molecule has 13 heavy (non-hydrogen) atoms. The minimum atomic E-state index is -0.442. The average molecular weight is 182 g/mol. The quantitative estimate of drug-likeness (QED) is 0.630. The van der Waals surface area contributed by atoms with Gasteiger partial charge in [0.05, 0.1) is 12.8 Å². The lowest BCUT2D eigenvalue weighted by Crippen LogP contribution is -2.13. The first kappa shape index (κ1) is 9.44. The van der Waals surface area contributed by atoms with Gasteiger partial charge < -0.3 is 9.47 Å². The third-order valence-electron chi connectivity index (χ3n) is 1.34. The Labute approximate surface area is 75.7 Å². The molecule has 0 saturated carbocycles. The maximum atomic E-state index is 10.7. The molecule has 0 aliphatic rings. The number of ether oxygens (including phenoxy) is 2. The third-order valence-corrected chi connectivity index (χ3v) is 1.34. The molecule has 1 aromatic rings. The van der Waals surface area contributed by atoms with Gasteiger partial charge in [0.25, 0.3) is 0 Å². The van der Waals surface area contributed by atoms with Gasteiger partial charge in [0.2, 0.25) is 5.88 Å². The van der Waals surface area contributed by atoms with Crippen LogP contribution in [0.2, 0.25) is 0 Å².